The van der Waals surface area contributed by atoms with E-state index in [1.165, 1.54) is 16.8 Å². The Morgan fingerprint density at radius 2 is 1.74 bits per heavy atom. The molecule has 3 aromatic carbocycles. The summed E-state index contributed by atoms with van der Waals surface area (Å²) in [5.74, 6) is 1.63. The number of thioether (sulfide) groups is 1. The minimum atomic E-state index is -0.0341. The Morgan fingerprint density at radius 1 is 0.968 bits per heavy atom. The molecule has 0 saturated carbocycles. The van der Waals surface area contributed by atoms with Gasteiger partial charge >= 0.3 is 0 Å². The number of para-hydroxylation sites is 1. The first-order valence-electron chi connectivity index (χ1n) is 10.3. The highest BCUT2D eigenvalue weighted by Crippen LogP contribution is 2.29. The van der Waals surface area contributed by atoms with E-state index in [1.54, 1.807) is 11.8 Å². The smallest absolute Gasteiger partial charge is 0.251 e. The number of nitrogens with zero attached hydrogens (tertiary/aromatic N) is 1. The molecule has 0 spiro atoms. The van der Waals surface area contributed by atoms with Crippen LogP contribution >= 0.6 is 35.0 Å². The van der Waals surface area contributed by atoms with Gasteiger partial charge in [0.15, 0.2) is 0 Å². The fraction of sp³-hybridized carbons (Fsp3) is 0.240. The first kappa shape index (κ1) is 22.1. The third-order valence-corrected chi connectivity index (χ3v) is 7.13. The molecule has 4 rings (SSSR count). The molecule has 1 aliphatic heterocycles. The van der Waals surface area contributed by atoms with Gasteiger partial charge in [-0.2, -0.15) is 11.8 Å². The fourth-order valence-corrected chi connectivity index (χ4v) is 4.84. The minimum absolute atomic E-state index is 0.0341. The predicted molar refractivity (Wildman–Crippen MR) is 133 cm³/mol. The van der Waals surface area contributed by atoms with Gasteiger partial charge < -0.3 is 10.2 Å². The molecule has 6 heteroatoms. The Bertz CT molecular complexity index is 1060. The molecule has 31 heavy (non-hydrogen) atoms. The molecule has 0 atom stereocenters. The Balaban J connectivity index is 1.21. The molecule has 160 valence electrons. The second-order valence-corrected chi connectivity index (χ2v) is 9.47. The number of hydrogen-bond donors (Lipinski definition) is 1. The van der Waals surface area contributed by atoms with E-state index in [0.717, 1.165) is 36.6 Å². The number of rotatable bonds is 8. The SMILES string of the molecule is O=C(NCCSCc1ccc(Cl)c(Cl)c1)c1ccc(CN2CCc3ccccc32)cc1. The van der Waals surface area contributed by atoms with Crippen LogP contribution in [0, 0.1) is 0 Å². The number of benzene rings is 3. The topological polar surface area (TPSA) is 32.3 Å². The number of carbonyl (C=O) groups is 1. The number of fused-ring (bicyclic) bond motifs is 1. The molecule has 0 aliphatic carbocycles. The predicted octanol–water partition coefficient (Wildman–Crippen LogP) is 6.22. The van der Waals surface area contributed by atoms with Gasteiger partial charge in [-0.05, 0) is 53.4 Å². The van der Waals surface area contributed by atoms with E-state index in [2.05, 4.69) is 46.6 Å². The van der Waals surface area contributed by atoms with E-state index >= 15 is 0 Å². The van der Waals surface area contributed by atoms with Crippen molar-refractivity contribution in [2.75, 3.05) is 23.7 Å². The van der Waals surface area contributed by atoms with E-state index < -0.39 is 0 Å². The summed E-state index contributed by atoms with van der Waals surface area (Å²) in [6.07, 6.45) is 1.10. The minimum Gasteiger partial charge on any atom is -0.367 e. The van der Waals surface area contributed by atoms with Crippen LogP contribution in [0.1, 0.15) is 27.0 Å². The average Bonchev–Trinajstić information content (AvgIpc) is 3.19. The highest BCUT2D eigenvalue weighted by atomic mass is 35.5. The van der Waals surface area contributed by atoms with E-state index in [-0.39, 0.29) is 5.91 Å². The van der Waals surface area contributed by atoms with Gasteiger partial charge in [-0.1, -0.05) is 59.6 Å². The monoisotopic (exact) mass is 470 g/mol. The summed E-state index contributed by atoms with van der Waals surface area (Å²) in [6, 6.07) is 22.2. The average molecular weight is 471 g/mol. The van der Waals surface area contributed by atoms with Crippen molar-refractivity contribution in [1.29, 1.82) is 0 Å². The lowest BCUT2D eigenvalue weighted by Gasteiger charge is -2.19. The van der Waals surface area contributed by atoms with Gasteiger partial charge in [0, 0.05) is 42.4 Å². The van der Waals surface area contributed by atoms with Crippen LogP contribution < -0.4 is 10.2 Å². The summed E-state index contributed by atoms with van der Waals surface area (Å²) in [4.78, 5) is 14.8. The summed E-state index contributed by atoms with van der Waals surface area (Å²) < 4.78 is 0. The second-order valence-electron chi connectivity index (χ2n) is 7.55. The van der Waals surface area contributed by atoms with E-state index in [0.29, 0.717) is 22.2 Å². The third-order valence-electron chi connectivity index (χ3n) is 5.36. The van der Waals surface area contributed by atoms with Crippen LogP contribution in [0.25, 0.3) is 0 Å². The van der Waals surface area contributed by atoms with E-state index in [4.69, 9.17) is 23.2 Å². The normalized spacial score (nSPS) is 12.6. The molecule has 0 radical (unpaired) electrons. The maximum atomic E-state index is 12.4. The zero-order chi connectivity index (χ0) is 21.6. The van der Waals surface area contributed by atoms with Crippen LogP contribution in [0.3, 0.4) is 0 Å². The Kier molecular flexibility index (Phi) is 7.44. The van der Waals surface area contributed by atoms with Gasteiger partial charge in [0.25, 0.3) is 5.91 Å². The van der Waals surface area contributed by atoms with Crippen molar-refractivity contribution >= 4 is 46.6 Å². The maximum Gasteiger partial charge on any atom is 0.251 e. The van der Waals surface area contributed by atoms with E-state index in [1.807, 2.05) is 30.3 Å². The molecule has 0 fully saturated rings. The van der Waals surface area contributed by atoms with Crippen LogP contribution in [-0.2, 0) is 18.7 Å². The molecular formula is C25H24Cl2N2OS. The quantitative estimate of drug-likeness (QED) is 0.396. The number of anilines is 1. The second kappa shape index (κ2) is 10.4. The Labute approximate surface area is 197 Å². The zero-order valence-electron chi connectivity index (χ0n) is 17.1. The highest BCUT2D eigenvalue weighted by molar-refractivity contribution is 7.98. The van der Waals surface area contributed by atoms with Crippen LogP contribution in [0.4, 0.5) is 5.69 Å². The summed E-state index contributed by atoms with van der Waals surface area (Å²) in [5, 5.41) is 4.14. The number of halogens is 2. The van der Waals surface area contributed by atoms with Crippen LogP contribution in [0.5, 0.6) is 0 Å². The van der Waals surface area contributed by atoms with Crippen LogP contribution in [0.15, 0.2) is 66.7 Å². The number of amides is 1. The van der Waals surface area contributed by atoms with Crippen molar-refractivity contribution in [1.82, 2.24) is 5.32 Å². The number of carbonyl (C=O) groups excluding carboxylic acids is 1. The Morgan fingerprint density at radius 3 is 2.55 bits per heavy atom. The van der Waals surface area contributed by atoms with Crippen molar-refractivity contribution in [3.63, 3.8) is 0 Å². The summed E-state index contributed by atoms with van der Waals surface area (Å²) in [7, 11) is 0. The molecule has 0 bridgehead atoms. The van der Waals surface area contributed by atoms with Crippen LogP contribution in [0.2, 0.25) is 10.0 Å². The highest BCUT2D eigenvalue weighted by Gasteiger charge is 2.18. The lowest BCUT2D eigenvalue weighted by Crippen LogP contribution is -2.25. The van der Waals surface area contributed by atoms with Crippen molar-refractivity contribution < 1.29 is 4.79 Å². The number of nitrogens with one attached hydrogen (secondary N) is 1. The van der Waals surface area contributed by atoms with Crippen LogP contribution in [-0.4, -0.2) is 24.7 Å². The molecule has 3 nitrogen and oxygen atoms in total. The fourth-order valence-electron chi connectivity index (χ4n) is 3.71. The maximum absolute atomic E-state index is 12.4. The van der Waals surface area contributed by atoms with Crippen molar-refractivity contribution in [3.8, 4) is 0 Å². The molecule has 1 amide bonds. The van der Waals surface area contributed by atoms with Gasteiger partial charge in [0.05, 0.1) is 10.0 Å². The molecular weight excluding hydrogens is 447 g/mol. The first-order valence-corrected chi connectivity index (χ1v) is 12.2. The molecule has 1 N–H and O–H groups in total. The van der Waals surface area contributed by atoms with E-state index in [9.17, 15) is 4.79 Å². The van der Waals surface area contributed by atoms with Gasteiger partial charge in [-0.15, -0.1) is 0 Å². The summed E-state index contributed by atoms with van der Waals surface area (Å²) in [6.45, 7) is 2.53. The van der Waals surface area contributed by atoms with Crippen molar-refractivity contribution in [3.05, 3.63) is 99.0 Å². The standard InChI is InChI=1S/C25H24Cl2N2OS/c26-22-10-7-19(15-23(22)27)17-31-14-12-28-25(30)21-8-5-18(6-9-21)16-29-13-11-20-3-1-2-4-24(20)29/h1-10,15H,11-14,16-17H2,(H,28,30). The van der Waals surface area contributed by atoms with Crippen molar-refractivity contribution in [2.24, 2.45) is 0 Å². The van der Waals surface area contributed by atoms with Gasteiger partial charge in [0.2, 0.25) is 0 Å². The molecule has 0 saturated heterocycles. The zero-order valence-corrected chi connectivity index (χ0v) is 19.4. The summed E-state index contributed by atoms with van der Waals surface area (Å²) >= 11 is 13.7. The molecule has 1 aliphatic rings. The lowest BCUT2D eigenvalue weighted by atomic mass is 10.1. The summed E-state index contributed by atoms with van der Waals surface area (Å²) in [5.41, 5.74) is 5.77. The molecule has 3 aromatic rings. The van der Waals surface area contributed by atoms with Gasteiger partial charge in [0.1, 0.15) is 0 Å². The van der Waals surface area contributed by atoms with Gasteiger partial charge in [-0.3, -0.25) is 4.79 Å². The molecule has 0 unspecified atom stereocenters. The molecule has 0 aromatic heterocycles. The van der Waals surface area contributed by atoms with Crippen molar-refractivity contribution in [2.45, 2.75) is 18.7 Å². The lowest BCUT2D eigenvalue weighted by molar-refractivity contribution is 0.0956. The largest absolute Gasteiger partial charge is 0.367 e. The molecule has 1 heterocycles. The van der Waals surface area contributed by atoms with Gasteiger partial charge in [-0.25, -0.2) is 0 Å². The first-order chi connectivity index (χ1) is 15.1. The Hall–Kier alpha value is -2.14. The third kappa shape index (κ3) is 5.76. The number of hydrogen-bond acceptors (Lipinski definition) is 3.